The molecule has 0 saturated carbocycles. The number of carbonyl (C=O) groups excluding carboxylic acids is 3. The van der Waals surface area contributed by atoms with Gasteiger partial charge in [-0.1, -0.05) is 256 Å². The van der Waals surface area contributed by atoms with Crippen LogP contribution < -0.4 is 0 Å². The molecule has 0 unspecified atom stereocenters. The molecule has 0 radical (unpaired) electrons. The average Bonchev–Trinajstić information content (AvgIpc) is 3.34. The molecule has 0 aliphatic carbocycles. The molecule has 0 aromatic rings. The first-order chi connectivity index (χ1) is 33.5. The summed E-state index contributed by atoms with van der Waals surface area (Å²) in [6.45, 7) is 6.63. The molecule has 6 heteroatoms. The van der Waals surface area contributed by atoms with Crippen molar-refractivity contribution in [3.05, 3.63) is 48.6 Å². The van der Waals surface area contributed by atoms with Gasteiger partial charge in [-0.25, -0.2) is 0 Å². The second kappa shape index (κ2) is 57.0. The molecule has 1 atom stereocenters. The Morgan fingerprint density at radius 1 is 0.294 bits per heavy atom. The van der Waals surface area contributed by atoms with Crippen LogP contribution in [-0.2, 0) is 28.6 Å². The fourth-order valence-electron chi connectivity index (χ4n) is 8.56. The first kappa shape index (κ1) is 65.4. The molecule has 0 aliphatic rings. The van der Waals surface area contributed by atoms with E-state index in [9.17, 15) is 14.4 Å². The molecule has 0 bridgehead atoms. The maximum Gasteiger partial charge on any atom is 0.306 e. The number of carbonyl (C=O) groups is 3. The van der Waals surface area contributed by atoms with Gasteiger partial charge in [-0.05, 0) is 83.5 Å². The molecule has 0 spiro atoms. The van der Waals surface area contributed by atoms with E-state index in [0.29, 0.717) is 19.3 Å². The third-order valence-electron chi connectivity index (χ3n) is 13.1. The van der Waals surface area contributed by atoms with Crippen molar-refractivity contribution in [3.63, 3.8) is 0 Å². The number of ether oxygens (including phenoxy) is 3. The summed E-state index contributed by atoms with van der Waals surface area (Å²) in [5.41, 5.74) is 0. The second-order valence-corrected chi connectivity index (χ2v) is 19.9. The van der Waals surface area contributed by atoms with Gasteiger partial charge in [0.15, 0.2) is 6.10 Å². The van der Waals surface area contributed by atoms with Crippen molar-refractivity contribution in [2.45, 2.75) is 316 Å². The van der Waals surface area contributed by atoms with Crippen LogP contribution in [0.3, 0.4) is 0 Å². The lowest BCUT2D eigenvalue weighted by Crippen LogP contribution is -2.30. The normalized spacial score (nSPS) is 12.3. The van der Waals surface area contributed by atoms with Gasteiger partial charge in [-0.2, -0.15) is 0 Å². The van der Waals surface area contributed by atoms with Gasteiger partial charge in [-0.3, -0.25) is 14.4 Å². The topological polar surface area (TPSA) is 78.9 Å². The molecule has 0 N–H and O–H groups in total. The predicted octanol–water partition coefficient (Wildman–Crippen LogP) is 19.8. The zero-order chi connectivity index (χ0) is 49.3. The quantitative estimate of drug-likeness (QED) is 0.0262. The number of unbranched alkanes of at least 4 members (excludes halogenated alkanes) is 35. The van der Waals surface area contributed by atoms with E-state index in [1.807, 2.05) is 0 Å². The van der Waals surface area contributed by atoms with Gasteiger partial charge in [0.2, 0.25) is 0 Å². The van der Waals surface area contributed by atoms with Gasteiger partial charge in [-0.15, -0.1) is 0 Å². The van der Waals surface area contributed by atoms with Crippen molar-refractivity contribution in [1.29, 1.82) is 0 Å². The van der Waals surface area contributed by atoms with E-state index in [1.165, 1.54) is 186 Å². The Balaban J connectivity index is 4.38. The summed E-state index contributed by atoms with van der Waals surface area (Å²) < 4.78 is 16.9. The van der Waals surface area contributed by atoms with Gasteiger partial charge in [0.1, 0.15) is 13.2 Å². The Kier molecular flexibility index (Phi) is 54.8. The molecule has 0 heterocycles. The van der Waals surface area contributed by atoms with Crippen molar-refractivity contribution in [2.24, 2.45) is 0 Å². The van der Waals surface area contributed by atoms with Crippen LogP contribution in [0.15, 0.2) is 48.6 Å². The summed E-state index contributed by atoms with van der Waals surface area (Å²) in [5.74, 6) is -0.883. The Hall–Kier alpha value is -2.63. The highest BCUT2D eigenvalue weighted by molar-refractivity contribution is 5.71. The Bertz CT molecular complexity index is 1190. The number of rotatable bonds is 54. The van der Waals surface area contributed by atoms with Crippen LogP contribution in [0.4, 0.5) is 0 Å². The average molecular weight is 954 g/mol. The predicted molar refractivity (Wildman–Crippen MR) is 293 cm³/mol. The molecular weight excluding hydrogens is 841 g/mol. The van der Waals surface area contributed by atoms with Crippen LogP contribution in [0.1, 0.15) is 310 Å². The maximum atomic E-state index is 12.9. The van der Waals surface area contributed by atoms with E-state index < -0.39 is 6.10 Å². The van der Waals surface area contributed by atoms with E-state index in [-0.39, 0.29) is 31.1 Å². The molecule has 0 aromatic carbocycles. The smallest absolute Gasteiger partial charge is 0.306 e. The summed E-state index contributed by atoms with van der Waals surface area (Å²) in [4.78, 5) is 38.2. The minimum atomic E-state index is -0.781. The molecule has 68 heavy (non-hydrogen) atoms. The summed E-state index contributed by atoms with van der Waals surface area (Å²) in [5, 5.41) is 0. The standard InChI is InChI=1S/C62H112O6/c1-4-7-10-13-16-19-22-25-28-30-31-32-35-37-40-43-46-49-52-55-61(64)67-58-59(57-66-60(63)54-51-48-45-42-39-36-33-27-24-21-18-15-12-9-6-3)68-62(65)56-53-50-47-44-41-38-34-29-26-23-20-17-14-11-8-5-2/h16,19,25,28-29,31-32,34,59H,4-15,17-18,20-24,26-27,30,33,35-58H2,1-3H3/b19-16-,28-25-,32-31-,34-29-/t59-/m1/s1. The number of hydrogen-bond acceptors (Lipinski definition) is 6. The molecule has 0 rings (SSSR count). The van der Waals surface area contributed by atoms with Crippen molar-refractivity contribution in [3.8, 4) is 0 Å². The highest BCUT2D eigenvalue weighted by Gasteiger charge is 2.19. The number of allylic oxidation sites excluding steroid dienone is 8. The molecule has 0 saturated heterocycles. The second-order valence-electron chi connectivity index (χ2n) is 19.9. The van der Waals surface area contributed by atoms with Crippen molar-refractivity contribution < 1.29 is 28.6 Å². The Labute approximate surface area is 422 Å². The third-order valence-corrected chi connectivity index (χ3v) is 13.1. The molecule has 0 aliphatic heterocycles. The van der Waals surface area contributed by atoms with Gasteiger partial charge in [0.25, 0.3) is 0 Å². The molecule has 6 nitrogen and oxygen atoms in total. The van der Waals surface area contributed by atoms with Crippen LogP contribution in [0.25, 0.3) is 0 Å². The van der Waals surface area contributed by atoms with Crippen LogP contribution >= 0.6 is 0 Å². The summed E-state index contributed by atoms with van der Waals surface area (Å²) in [6, 6.07) is 0. The van der Waals surface area contributed by atoms with Gasteiger partial charge >= 0.3 is 17.9 Å². The summed E-state index contributed by atoms with van der Waals surface area (Å²) in [6.07, 6.45) is 69.5. The Morgan fingerprint density at radius 3 is 0.868 bits per heavy atom. The number of esters is 3. The monoisotopic (exact) mass is 953 g/mol. The molecular formula is C62H112O6. The molecule has 396 valence electrons. The highest BCUT2D eigenvalue weighted by Crippen LogP contribution is 2.16. The minimum Gasteiger partial charge on any atom is -0.462 e. The van der Waals surface area contributed by atoms with E-state index in [2.05, 4.69) is 69.4 Å². The van der Waals surface area contributed by atoms with E-state index in [4.69, 9.17) is 14.2 Å². The summed E-state index contributed by atoms with van der Waals surface area (Å²) in [7, 11) is 0. The fourth-order valence-corrected chi connectivity index (χ4v) is 8.56. The minimum absolute atomic E-state index is 0.0776. The lowest BCUT2D eigenvalue weighted by Gasteiger charge is -2.18. The van der Waals surface area contributed by atoms with Gasteiger partial charge < -0.3 is 14.2 Å². The highest BCUT2D eigenvalue weighted by atomic mass is 16.6. The zero-order valence-corrected chi connectivity index (χ0v) is 45.4. The number of hydrogen-bond donors (Lipinski definition) is 0. The SMILES string of the molecule is CCCCC/C=C\C/C=C\C/C=C\CCCCCCCCC(=O)OC[C@@H](COC(=O)CCCCCCCCCCCCCCCCC)OC(=O)CCCCCCC/C=C\CCCCCCCCC. The first-order valence-corrected chi connectivity index (χ1v) is 29.6. The Morgan fingerprint density at radius 2 is 0.529 bits per heavy atom. The van der Waals surface area contributed by atoms with Crippen LogP contribution in [-0.4, -0.2) is 37.2 Å². The van der Waals surface area contributed by atoms with Gasteiger partial charge in [0, 0.05) is 19.3 Å². The van der Waals surface area contributed by atoms with Crippen molar-refractivity contribution in [1.82, 2.24) is 0 Å². The molecule has 0 aromatic heterocycles. The largest absolute Gasteiger partial charge is 0.462 e. The van der Waals surface area contributed by atoms with Crippen LogP contribution in [0.5, 0.6) is 0 Å². The van der Waals surface area contributed by atoms with E-state index in [0.717, 1.165) is 83.5 Å². The lowest BCUT2D eigenvalue weighted by atomic mass is 10.0. The van der Waals surface area contributed by atoms with E-state index >= 15 is 0 Å². The lowest BCUT2D eigenvalue weighted by molar-refractivity contribution is -0.167. The van der Waals surface area contributed by atoms with Crippen LogP contribution in [0.2, 0.25) is 0 Å². The van der Waals surface area contributed by atoms with Crippen molar-refractivity contribution in [2.75, 3.05) is 13.2 Å². The van der Waals surface area contributed by atoms with Gasteiger partial charge in [0.05, 0.1) is 0 Å². The maximum absolute atomic E-state index is 12.9. The summed E-state index contributed by atoms with van der Waals surface area (Å²) >= 11 is 0. The molecule has 0 amide bonds. The third kappa shape index (κ3) is 54.3. The van der Waals surface area contributed by atoms with E-state index in [1.54, 1.807) is 0 Å². The van der Waals surface area contributed by atoms with Crippen LogP contribution in [0, 0.1) is 0 Å². The fraction of sp³-hybridized carbons (Fsp3) is 0.823. The van der Waals surface area contributed by atoms with Crippen molar-refractivity contribution >= 4 is 17.9 Å². The first-order valence-electron chi connectivity index (χ1n) is 29.6. The zero-order valence-electron chi connectivity index (χ0n) is 45.4. The molecule has 0 fully saturated rings.